The smallest absolute Gasteiger partial charge is 0.219 e. The van der Waals surface area contributed by atoms with E-state index in [2.05, 4.69) is 30.3 Å². The molecule has 1 heterocycles. The SMILES string of the molecule is CC(=O)N1CCC(CSc2ccc(-c3ccc(C#N)cc3Cl)cc2)CC1. The van der Waals surface area contributed by atoms with Crippen molar-refractivity contribution in [3.8, 4) is 17.2 Å². The van der Waals surface area contributed by atoms with Crippen molar-refractivity contribution in [3.63, 3.8) is 0 Å². The summed E-state index contributed by atoms with van der Waals surface area (Å²) in [7, 11) is 0. The maximum absolute atomic E-state index is 11.4. The predicted octanol–water partition coefficient (Wildman–Crippen LogP) is 5.23. The molecule has 0 bridgehead atoms. The summed E-state index contributed by atoms with van der Waals surface area (Å²) in [6.07, 6.45) is 2.18. The molecule has 0 aromatic heterocycles. The monoisotopic (exact) mass is 384 g/mol. The maximum Gasteiger partial charge on any atom is 0.219 e. The molecule has 1 aliphatic rings. The van der Waals surface area contributed by atoms with E-state index in [1.807, 2.05) is 22.7 Å². The number of thioether (sulfide) groups is 1. The highest BCUT2D eigenvalue weighted by Crippen LogP contribution is 2.32. The number of carbonyl (C=O) groups is 1. The van der Waals surface area contributed by atoms with E-state index in [4.69, 9.17) is 16.9 Å². The number of carbonyl (C=O) groups excluding carboxylic acids is 1. The first-order valence-corrected chi connectivity index (χ1v) is 10.1. The molecule has 0 spiro atoms. The Labute approximate surface area is 164 Å². The van der Waals surface area contributed by atoms with Gasteiger partial charge in [0, 0.05) is 41.2 Å². The van der Waals surface area contributed by atoms with Gasteiger partial charge in [-0.2, -0.15) is 5.26 Å². The quantitative estimate of drug-likeness (QED) is 0.678. The lowest BCUT2D eigenvalue weighted by molar-refractivity contribution is -0.130. The highest BCUT2D eigenvalue weighted by molar-refractivity contribution is 7.99. The van der Waals surface area contributed by atoms with Crippen LogP contribution in [0.25, 0.3) is 11.1 Å². The Morgan fingerprint density at radius 2 is 1.92 bits per heavy atom. The molecule has 1 amide bonds. The first kappa shape index (κ1) is 18.8. The van der Waals surface area contributed by atoms with Gasteiger partial charge in [0.15, 0.2) is 0 Å². The number of nitrogens with zero attached hydrogens (tertiary/aromatic N) is 2. The Morgan fingerprint density at radius 3 is 2.50 bits per heavy atom. The lowest BCUT2D eigenvalue weighted by Gasteiger charge is -2.31. The van der Waals surface area contributed by atoms with Crippen LogP contribution in [0.3, 0.4) is 0 Å². The van der Waals surface area contributed by atoms with Gasteiger partial charge in [0.1, 0.15) is 0 Å². The first-order chi connectivity index (χ1) is 12.6. The number of hydrogen-bond acceptors (Lipinski definition) is 3. The fourth-order valence-corrected chi connectivity index (χ4v) is 4.56. The van der Waals surface area contributed by atoms with Gasteiger partial charge in [0.25, 0.3) is 0 Å². The van der Waals surface area contributed by atoms with E-state index in [1.54, 1.807) is 19.1 Å². The number of likely N-dealkylation sites (tertiary alicyclic amines) is 1. The van der Waals surface area contributed by atoms with Crippen LogP contribution < -0.4 is 0 Å². The van der Waals surface area contributed by atoms with E-state index >= 15 is 0 Å². The molecular formula is C21H21ClN2OS. The van der Waals surface area contributed by atoms with Crippen LogP contribution in [0.15, 0.2) is 47.4 Å². The van der Waals surface area contributed by atoms with Gasteiger partial charge in [-0.15, -0.1) is 11.8 Å². The van der Waals surface area contributed by atoms with Crippen molar-refractivity contribution in [2.45, 2.75) is 24.7 Å². The molecule has 134 valence electrons. The van der Waals surface area contributed by atoms with E-state index in [1.165, 1.54) is 4.90 Å². The number of piperidine rings is 1. The van der Waals surface area contributed by atoms with Crippen molar-refractivity contribution in [1.82, 2.24) is 4.90 Å². The third kappa shape index (κ3) is 4.60. The third-order valence-corrected chi connectivity index (χ3v) is 6.37. The van der Waals surface area contributed by atoms with Crippen LogP contribution in [-0.2, 0) is 4.79 Å². The number of hydrogen-bond donors (Lipinski definition) is 0. The average Bonchev–Trinajstić information content (AvgIpc) is 2.67. The summed E-state index contributed by atoms with van der Waals surface area (Å²) < 4.78 is 0. The van der Waals surface area contributed by atoms with Gasteiger partial charge >= 0.3 is 0 Å². The van der Waals surface area contributed by atoms with Crippen LogP contribution in [0.4, 0.5) is 0 Å². The molecule has 2 aromatic carbocycles. The lowest BCUT2D eigenvalue weighted by Crippen LogP contribution is -2.37. The Balaban J connectivity index is 1.57. The van der Waals surface area contributed by atoms with E-state index in [0.717, 1.165) is 42.8 Å². The van der Waals surface area contributed by atoms with Crippen molar-refractivity contribution in [2.75, 3.05) is 18.8 Å². The predicted molar refractivity (Wildman–Crippen MR) is 107 cm³/mol. The highest BCUT2D eigenvalue weighted by Gasteiger charge is 2.20. The second kappa shape index (κ2) is 8.62. The second-order valence-electron chi connectivity index (χ2n) is 6.59. The Kier molecular flexibility index (Phi) is 6.24. The Bertz CT molecular complexity index is 821. The molecule has 3 rings (SSSR count). The molecule has 1 saturated heterocycles. The summed E-state index contributed by atoms with van der Waals surface area (Å²) >= 11 is 8.17. The van der Waals surface area contributed by atoms with Gasteiger partial charge in [-0.3, -0.25) is 4.79 Å². The highest BCUT2D eigenvalue weighted by atomic mass is 35.5. The first-order valence-electron chi connectivity index (χ1n) is 8.75. The number of amides is 1. The number of halogens is 1. The number of rotatable bonds is 4. The Morgan fingerprint density at radius 1 is 1.23 bits per heavy atom. The Hall–Kier alpha value is -1.96. The summed E-state index contributed by atoms with van der Waals surface area (Å²) in [6.45, 7) is 3.42. The minimum absolute atomic E-state index is 0.188. The minimum Gasteiger partial charge on any atom is -0.343 e. The molecule has 0 saturated carbocycles. The van der Waals surface area contributed by atoms with E-state index in [-0.39, 0.29) is 5.91 Å². The molecule has 5 heteroatoms. The molecule has 26 heavy (non-hydrogen) atoms. The van der Waals surface area contributed by atoms with Crippen LogP contribution in [0.5, 0.6) is 0 Å². The summed E-state index contributed by atoms with van der Waals surface area (Å²) in [5.41, 5.74) is 2.57. The maximum atomic E-state index is 11.4. The molecule has 0 radical (unpaired) electrons. The molecule has 3 nitrogen and oxygen atoms in total. The van der Waals surface area contributed by atoms with Gasteiger partial charge < -0.3 is 4.90 Å². The van der Waals surface area contributed by atoms with Crippen molar-refractivity contribution in [3.05, 3.63) is 53.1 Å². The zero-order valence-corrected chi connectivity index (χ0v) is 16.3. The van der Waals surface area contributed by atoms with Crippen LogP contribution >= 0.6 is 23.4 Å². The van der Waals surface area contributed by atoms with E-state index < -0.39 is 0 Å². The van der Waals surface area contributed by atoms with Gasteiger partial charge in [0.05, 0.1) is 11.6 Å². The van der Waals surface area contributed by atoms with Crippen LogP contribution in [0, 0.1) is 17.2 Å². The summed E-state index contributed by atoms with van der Waals surface area (Å²) in [6, 6.07) is 15.9. The van der Waals surface area contributed by atoms with Crippen molar-refractivity contribution < 1.29 is 4.79 Å². The molecular weight excluding hydrogens is 364 g/mol. The summed E-state index contributed by atoms with van der Waals surface area (Å²) in [4.78, 5) is 14.6. The average molecular weight is 385 g/mol. The van der Waals surface area contributed by atoms with E-state index in [0.29, 0.717) is 16.5 Å². The molecule has 2 aromatic rings. The van der Waals surface area contributed by atoms with Crippen LogP contribution in [0.1, 0.15) is 25.3 Å². The molecule has 1 fully saturated rings. The largest absolute Gasteiger partial charge is 0.343 e. The van der Waals surface area contributed by atoms with Gasteiger partial charge in [-0.05, 0) is 48.6 Å². The molecule has 0 atom stereocenters. The summed E-state index contributed by atoms with van der Waals surface area (Å²) in [5.74, 6) is 1.94. The molecule has 0 unspecified atom stereocenters. The molecule has 1 aliphatic heterocycles. The third-order valence-electron chi connectivity index (χ3n) is 4.81. The van der Waals surface area contributed by atoms with Crippen molar-refractivity contribution >= 4 is 29.3 Å². The topological polar surface area (TPSA) is 44.1 Å². The van der Waals surface area contributed by atoms with E-state index in [9.17, 15) is 4.79 Å². The van der Waals surface area contributed by atoms with Crippen LogP contribution in [0.2, 0.25) is 5.02 Å². The fourth-order valence-electron chi connectivity index (χ4n) is 3.18. The van der Waals surface area contributed by atoms with Crippen LogP contribution in [-0.4, -0.2) is 29.6 Å². The van der Waals surface area contributed by atoms with Gasteiger partial charge in [-0.1, -0.05) is 29.8 Å². The van der Waals surface area contributed by atoms with Crippen molar-refractivity contribution in [1.29, 1.82) is 5.26 Å². The summed E-state index contributed by atoms with van der Waals surface area (Å²) in [5, 5.41) is 9.54. The molecule has 0 aliphatic carbocycles. The minimum atomic E-state index is 0.188. The standard InChI is InChI=1S/C21H21ClN2OS/c1-15(25)24-10-8-16(9-11-24)14-26-19-5-3-18(4-6-19)20-7-2-17(13-23)12-21(20)22/h2-7,12,16H,8-11,14H2,1H3. The van der Waals surface area contributed by atoms with Crippen molar-refractivity contribution in [2.24, 2.45) is 5.92 Å². The second-order valence-corrected chi connectivity index (χ2v) is 8.09. The number of benzene rings is 2. The fraction of sp³-hybridized carbons (Fsp3) is 0.333. The van der Waals surface area contributed by atoms with Gasteiger partial charge in [0.2, 0.25) is 5.91 Å². The lowest BCUT2D eigenvalue weighted by atomic mass is 9.99. The zero-order valence-electron chi connectivity index (χ0n) is 14.7. The normalized spacial score (nSPS) is 14.9. The van der Waals surface area contributed by atoms with Gasteiger partial charge in [-0.25, -0.2) is 0 Å². The zero-order chi connectivity index (χ0) is 18.5. The molecule has 0 N–H and O–H groups in total. The number of nitriles is 1.